The summed E-state index contributed by atoms with van der Waals surface area (Å²) in [5.74, 6) is 0.331. The van der Waals surface area contributed by atoms with E-state index in [2.05, 4.69) is 20.2 Å². The number of rotatable bonds is 2. The average Bonchev–Trinajstić information content (AvgIpc) is 2.86. The highest BCUT2D eigenvalue weighted by Crippen LogP contribution is 2.16. The number of nitrogens with zero attached hydrogens (tertiary/aromatic N) is 4. The Morgan fingerprint density at radius 1 is 1.00 bits per heavy atom. The number of hydrogen-bond donors (Lipinski definition) is 0. The molecule has 0 bridgehead atoms. The zero-order valence-corrected chi connectivity index (χ0v) is 9.32. The first-order valence-corrected chi connectivity index (χ1v) is 5.39. The molecule has 5 heteroatoms. The van der Waals surface area contributed by atoms with Gasteiger partial charge in [0.05, 0.1) is 6.20 Å². The van der Waals surface area contributed by atoms with Crippen LogP contribution >= 0.6 is 0 Å². The van der Waals surface area contributed by atoms with E-state index in [-0.39, 0.29) is 5.91 Å². The Balaban J connectivity index is 1.87. The first kappa shape index (κ1) is 10.5. The molecular weight excluding hydrogens is 228 g/mol. The number of carbonyl (C=O) groups excluding carboxylic acids is 1. The van der Waals surface area contributed by atoms with Crippen molar-refractivity contribution in [3.63, 3.8) is 0 Å². The van der Waals surface area contributed by atoms with E-state index in [1.54, 1.807) is 6.08 Å². The molecule has 0 unspecified atom stereocenters. The molecule has 3 rings (SSSR count). The van der Waals surface area contributed by atoms with Gasteiger partial charge in [0.2, 0.25) is 0 Å². The maximum Gasteiger partial charge on any atom is 0.284 e. The molecule has 0 aliphatic carbocycles. The van der Waals surface area contributed by atoms with E-state index in [4.69, 9.17) is 0 Å². The van der Waals surface area contributed by atoms with Crippen molar-refractivity contribution in [1.82, 2.24) is 0 Å². The number of aliphatic imine (C=N–C) groups is 2. The molecule has 1 amide bonds. The second-order valence-electron chi connectivity index (χ2n) is 3.71. The van der Waals surface area contributed by atoms with Crippen molar-refractivity contribution in [1.29, 1.82) is 0 Å². The molecule has 0 N–H and O–H groups in total. The van der Waals surface area contributed by atoms with Gasteiger partial charge in [0.15, 0.2) is 11.7 Å². The summed E-state index contributed by atoms with van der Waals surface area (Å²) in [7, 11) is 0. The van der Waals surface area contributed by atoms with Crippen LogP contribution < -0.4 is 0 Å². The molecule has 0 aromatic heterocycles. The van der Waals surface area contributed by atoms with Crippen molar-refractivity contribution < 1.29 is 4.79 Å². The minimum Gasteiger partial charge on any atom is -0.266 e. The van der Waals surface area contributed by atoms with Gasteiger partial charge in [0.25, 0.3) is 5.91 Å². The van der Waals surface area contributed by atoms with Crippen LogP contribution in [0.15, 0.2) is 68.4 Å². The van der Waals surface area contributed by atoms with Crippen LogP contribution in [0.3, 0.4) is 0 Å². The van der Waals surface area contributed by atoms with Crippen LogP contribution in [0.25, 0.3) is 6.08 Å². The summed E-state index contributed by atoms with van der Waals surface area (Å²) in [6.45, 7) is 0. The summed E-state index contributed by atoms with van der Waals surface area (Å²) in [4.78, 5) is 19.6. The summed E-state index contributed by atoms with van der Waals surface area (Å²) < 4.78 is 0. The highest BCUT2D eigenvalue weighted by atomic mass is 16.1. The van der Waals surface area contributed by atoms with Crippen LogP contribution in [0.5, 0.6) is 0 Å². The lowest BCUT2D eigenvalue weighted by atomic mass is 10.2. The smallest absolute Gasteiger partial charge is 0.266 e. The Morgan fingerprint density at radius 3 is 2.67 bits per heavy atom. The van der Waals surface area contributed by atoms with Gasteiger partial charge in [-0.1, -0.05) is 36.4 Å². The molecule has 86 valence electrons. The highest BCUT2D eigenvalue weighted by molar-refractivity contribution is 6.30. The fraction of sp³-hybridized carbons (Fsp3) is 0. The highest BCUT2D eigenvalue weighted by Gasteiger charge is 2.23. The maximum absolute atomic E-state index is 11.6. The monoisotopic (exact) mass is 236 g/mol. The van der Waals surface area contributed by atoms with Gasteiger partial charge in [-0.3, -0.25) is 4.79 Å². The summed E-state index contributed by atoms with van der Waals surface area (Å²) in [5.41, 5.74) is 1.37. The lowest BCUT2D eigenvalue weighted by Crippen LogP contribution is -2.15. The molecule has 0 radical (unpaired) electrons. The third kappa shape index (κ3) is 1.93. The Labute approximate surface area is 103 Å². The standard InChI is InChI=1S/C13H8N4O/c18-13-10-8-14-17-12(10)15-11(16-13)7-6-9-4-2-1-3-5-9/h1-8H. The first-order chi connectivity index (χ1) is 8.83. The van der Waals surface area contributed by atoms with Crippen LogP contribution in [0.4, 0.5) is 0 Å². The van der Waals surface area contributed by atoms with Gasteiger partial charge in [-0.25, -0.2) is 4.99 Å². The molecule has 0 atom stereocenters. The van der Waals surface area contributed by atoms with Gasteiger partial charge in [-0.2, -0.15) is 10.1 Å². The average molecular weight is 236 g/mol. The van der Waals surface area contributed by atoms with Crippen LogP contribution in [0, 0.1) is 0 Å². The summed E-state index contributed by atoms with van der Waals surface area (Å²) in [6, 6.07) is 9.72. The molecule has 18 heavy (non-hydrogen) atoms. The van der Waals surface area contributed by atoms with E-state index < -0.39 is 0 Å². The topological polar surface area (TPSA) is 66.5 Å². The number of benzene rings is 1. The molecule has 0 fully saturated rings. The molecule has 0 saturated carbocycles. The van der Waals surface area contributed by atoms with Crippen molar-refractivity contribution in [2.24, 2.45) is 20.2 Å². The van der Waals surface area contributed by atoms with Gasteiger partial charge < -0.3 is 0 Å². The molecule has 1 aromatic carbocycles. The zero-order valence-electron chi connectivity index (χ0n) is 9.32. The molecule has 2 aliphatic rings. The lowest BCUT2D eigenvalue weighted by molar-refractivity contribution is -0.113. The van der Waals surface area contributed by atoms with Gasteiger partial charge in [-0.05, 0) is 11.6 Å². The van der Waals surface area contributed by atoms with E-state index in [1.807, 2.05) is 36.4 Å². The molecule has 2 heterocycles. The number of amides is 1. The van der Waals surface area contributed by atoms with E-state index in [0.717, 1.165) is 5.56 Å². The van der Waals surface area contributed by atoms with Gasteiger partial charge >= 0.3 is 0 Å². The summed E-state index contributed by atoms with van der Waals surface area (Å²) in [6.07, 6.45) is 4.91. The lowest BCUT2D eigenvalue weighted by Gasteiger charge is -2.03. The van der Waals surface area contributed by atoms with Crippen molar-refractivity contribution in [2.45, 2.75) is 0 Å². The second-order valence-corrected chi connectivity index (χ2v) is 3.71. The molecule has 1 aromatic rings. The van der Waals surface area contributed by atoms with Crippen molar-refractivity contribution in [3.8, 4) is 0 Å². The van der Waals surface area contributed by atoms with Crippen LogP contribution in [-0.2, 0) is 4.79 Å². The third-order valence-corrected chi connectivity index (χ3v) is 2.47. The van der Waals surface area contributed by atoms with E-state index in [0.29, 0.717) is 17.2 Å². The van der Waals surface area contributed by atoms with Crippen LogP contribution in [0.1, 0.15) is 5.56 Å². The minimum atomic E-state index is -0.349. The fourth-order valence-corrected chi connectivity index (χ4v) is 1.59. The van der Waals surface area contributed by atoms with E-state index in [1.165, 1.54) is 6.20 Å². The molecule has 2 aliphatic heterocycles. The molecule has 0 saturated heterocycles. The van der Waals surface area contributed by atoms with E-state index in [9.17, 15) is 4.79 Å². The number of azo groups is 1. The quantitative estimate of drug-likeness (QED) is 0.777. The first-order valence-electron chi connectivity index (χ1n) is 5.39. The number of carbonyl (C=O) groups is 1. The van der Waals surface area contributed by atoms with Gasteiger partial charge in [0, 0.05) is 0 Å². The normalized spacial score (nSPS) is 17.6. The van der Waals surface area contributed by atoms with Crippen molar-refractivity contribution in [3.05, 3.63) is 53.7 Å². The molecule has 5 nitrogen and oxygen atoms in total. The van der Waals surface area contributed by atoms with Crippen LogP contribution in [-0.4, -0.2) is 17.6 Å². The predicted octanol–water partition coefficient (Wildman–Crippen LogP) is 2.39. The Hall–Kier alpha value is -2.69. The fourth-order valence-electron chi connectivity index (χ4n) is 1.59. The largest absolute Gasteiger partial charge is 0.284 e. The molecular formula is C13H8N4O. The Kier molecular flexibility index (Phi) is 2.49. The Bertz CT molecular complexity index is 651. The molecule has 0 spiro atoms. The predicted molar refractivity (Wildman–Crippen MR) is 68.3 cm³/mol. The Morgan fingerprint density at radius 2 is 1.83 bits per heavy atom. The number of amidine groups is 2. The minimum absolute atomic E-state index is 0.336. The summed E-state index contributed by atoms with van der Waals surface area (Å²) in [5, 5.41) is 7.41. The second kappa shape index (κ2) is 4.29. The SMILES string of the molecule is O=C1N=C(C=Cc2ccccc2)N=C2N=NC=C12. The van der Waals surface area contributed by atoms with E-state index >= 15 is 0 Å². The number of hydrogen-bond acceptors (Lipinski definition) is 4. The van der Waals surface area contributed by atoms with Crippen molar-refractivity contribution >= 4 is 23.7 Å². The maximum atomic E-state index is 11.6. The number of fused-ring (bicyclic) bond motifs is 1. The van der Waals surface area contributed by atoms with Gasteiger partial charge in [-0.15, -0.1) is 5.11 Å². The summed E-state index contributed by atoms with van der Waals surface area (Å²) >= 11 is 0. The zero-order chi connectivity index (χ0) is 12.4. The van der Waals surface area contributed by atoms with Crippen LogP contribution in [0.2, 0.25) is 0 Å². The third-order valence-electron chi connectivity index (χ3n) is 2.47. The van der Waals surface area contributed by atoms with Gasteiger partial charge in [0.1, 0.15) is 5.57 Å². The van der Waals surface area contributed by atoms with Crippen molar-refractivity contribution in [2.75, 3.05) is 0 Å².